The van der Waals surface area contributed by atoms with Crippen LogP contribution in [0.15, 0.2) is 24.4 Å². The van der Waals surface area contributed by atoms with Gasteiger partial charge in [0.05, 0.1) is 0 Å². The molecule has 1 aromatic heterocycles. The highest BCUT2D eigenvalue weighted by molar-refractivity contribution is 5.05. The molecule has 116 valence electrons. The summed E-state index contributed by atoms with van der Waals surface area (Å²) >= 11 is 0. The van der Waals surface area contributed by atoms with E-state index in [0.717, 1.165) is 31.3 Å². The van der Waals surface area contributed by atoms with Crippen LogP contribution in [0.4, 0.5) is 0 Å². The summed E-state index contributed by atoms with van der Waals surface area (Å²) in [5.74, 6) is 1.94. The monoisotopic (exact) mass is 287 g/mol. The standard InChI is InChI=1S/C18H29N3/c1-21(12-9-17-6-2-3-11-20-17)18(14-19)10-4-5-16(13-18)15-7-8-15/h2-3,6,11,15-16H,4-5,7-10,12-14,19H2,1H3. The van der Waals surface area contributed by atoms with Gasteiger partial charge >= 0.3 is 0 Å². The fraction of sp³-hybridized carbons (Fsp3) is 0.722. The molecule has 2 atom stereocenters. The molecule has 0 bridgehead atoms. The summed E-state index contributed by atoms with van der Waals surface area (Å²) in [5.41, 5.74) is 7.66. The fourth-order valence-corrected chi connectivity index (χ4v) is 4.11. The predicted molar refractivity (Wildman–Crippen MR) is 87.0 cm³/mol. The maximum Gasteiger partial charge on any atom is 0.0416 e. The molecule has 0 amide bonds. The summed E-state index contributed by atoms with van der Waals surface area (Å²) in [6.45, 7) is 1.86. The third-order valence-electron chi connectivity index (χ3n) is 5.77. The first-order valence-electron chi connectivity index (χ1n) is 8.55. The van der Waals surface area contributed by atoms with Crippen LogP contribution in [-0.4, -0.2) is 35.6 Å². The van der Waals surface area contributed by atoms with Gasteiger partial charge in [-0.2, -0.15) is 0 Å². The van der Waals surface area contributed by atoms with Crippen molar-refractivity contribution >= 4 is 0 Å². The van der Waals surface area contributed by atoms with Crippen LogP contribution in [0.25, 0.3) is 0 Å². The summed E-state index contributed by atoms with van der Waals surface area (Å²) in [5, 5.41) is 0. The molecule has 3 heteroatoms. The van der Waals surface area contributed by atoms with Crippen molar-refractivity contribution in [3.63, 3.8) is 0 Å². The molecule has 2 fully saturated rings. The molecule has 0 radical (unpaired) electrons. The minimum Gasteiger partial charge on any atom is -0.329 e. The van der Waals surface area contributed by atoms with Crippen LogP contribution in [-0.2, 0) is 6.42 Å². The second-order valence-corrected chi connectivity index (χ2v) is 7.11. The van der Waals surface area contributed by atoms with Gasteiger partial charge in [0.1, 0.15) is 0 Å². The summed E-state index contributed by atoms with van der Waals surface area (Å²) < 4.78 is 0. The van der Waals surface area contributed by atoms with Crippen molar-refractivity contribution in [3.8, 4) is 0 Å². The zero-order chi connectivity index (χ0) is 14.7. The smallest absolute Gasteiger partial charge is 0.0416 e. The Balaban J connectivity index is 1.61. The molecule has 21 heavy (non-hydrogen) atoms. The third kappa shape index (κ3) is 3.46. The number of likely N-dealkylation sites (N-methyl/N-ethyl adjacent to an activating group) is 1. The van der Waals surface area contributed by atoms with Gasteiger partial charge in [-0.05, 0) is 56.7 Å². The second kappa shape index (κ2) is 6.45. The Hall–Kier alpha value is -0.930. The van der Waals surface area contributed by atoms with Crippen molar-refractivity contribution in [1.29, 1.82) is 0 Å². The van der Waals surface area contributed by atoms with Gasteiger partial charge in [0.15, 0.2) is 0 Å². The normalized spacial score (nSPS) is 29.8. The molecule has 3 nitrogen and oxygen atoms in total. The van der Waals surface area contributed by atoms with Crippen LogP contribution in [0.5, 0.6) is 0 Å². The van der Waals surface area contributed by atoms with Crippen LogP contribution in [0.3, 0.4) is 0 Å². The highest BCUT2D eigenvalue weighted by Gasteiger charge is 2.43. The molecule has 0 spiro atoms. The molecule has 2 saturated carbocycles. The van der Waals surface area contributed by atoms with Crippen LogP contribution in [0.1, 0.15) is 44.2 Å². The Morgan fingerprint density at radius 2 is 2.14 bits per heavy atom. The van der Waals surface area contributed by atoms with Gasteiger partial charge in [0, 0.05) is 36.9 Å². The molecule has 3 rings (SSSR count). The zero-order valence-electron chi connectivity index (χ0n) is 13.3. The van der Waals surface area contributed by atoms with E-state index >= 15 is 0 Å². The molecule has 2 aliphatic rings. The molecular weight excluding hydrogens is 258 g/mol. The Morgan fingerprint density at radius 3 is 2.81 bits per heavy atom. The van der Waals surface area contributed by atoms with Crippen molar-refractivity contribution in [2.45, 2.75) is 50.5 Å². The average molecular weight is 287 g/mol. The summed E-state index contributed by atoms with van der Waals surface area (Å²) in [6, 6.07) is 6.18. The van der Waals surface area contributed by atoms with Crippen LogP contribution in [0.2, 0.25) is 0 Å². The van der Waals surface area contributed by atoms with Gasteiger partial charge in [-0.25, -0.2) is 0 Å². The molecule has 0 aromatic carbocycles. The van der Waals surface area contributed by atoms with Crippen molar-refractivity contribution < 1.29 is 0 Å². The SMILES string of the molecule is CN(CCc1ccccn1)C1(CN)CCCC(C2CC2)C1. The van der Waals surface area contributed by atoms with Crippen molar-refractivity contribution in [3.05, 3.63) is 30.1 Å². The molecule has 0 aliphatic heterocycles. The van der Waals surface area contributed by atoms with E-state index in [9.17, 15) is 0 Å². The number of aromatic nitrogens is 1. The molecule has 2 N–H and O–H groups in total. The summed E-state index contributed by atoms with van der Waals surface area (Å²) in [7, 11) is 2.27. The maximum absolute atomic E-state index is 6.23. The van der Waals surface area contributed by atoms with Gasteiger partial charge in [-0.1, -0.05) is 18.9 Å². The van der Waals surface area contributed by atoms with Crippen LogP contribution < -0.4 is 5.73 Å². The zero-order valence-corrected chi connectivity index (χ0v) is 13.3. The van der Waals surface area contributed by atoms with E-state index in [1.807, 2.05) is 12.3 Å². The first-order chi connectivity index (χ1) is 10.2. The first kappa shape index (κ1) is 15.0. The van der Waals surface area contributed by atoms with Crippen LogP contribution >= 0.6 is 0 Å². The molecule has 2 unspecified atom stereocenters. The Bertz CT molecular complexity index is 443. The van der Waals surface area contributed by atoms with Crippen molar-refractivity contribution in [2.24, 2.45) is 17.6 Å². The first-order valence-corrected chi connectivity index (χ1v) is 8.55. The number of hydrogen-bond acceptors (Lipinski definition) is 3. The van der Waals surface area contributed by atoms with Gasteiger partial charge in [-0.3, -0.25) is 9.88 Å². The van der Waals surface area contributed by atoms with E-state index in [2.05, 4.69) is 29.1 Å². The maximum atomic E-state index is 6.23. The minimum atomic E-state index is 0.236. The molecule has 1 heterocycles. The number of nitrogens with zero attached hydrogens (tertiary/aromatic N) is 2. The molecular formula is C18H29N3. The quantitative estimate of drug-likeness (QED) is 0.875. The largest absolute Gasteiger partial charge is 0.329 e. The lowest BCUT2D eigenvalue weighted by atomic mass is 9.73. The predicted octanol–water partition coefficient (Wildman–Crippen LogP) is 2.85. The highest BCUT2D eigenvalue weighted by Crippen LogP contribution is 2.47. The van der Waals surface area contributed by atoms with Gasteiger partial charge in [-0.15, -0.1) is 0 Å². The second-order valence-electron chi connectivity index (χ2n) is 7.11. The number of nitrogens with two attached hydrogens (primary N) is 1. The van der Waals surface area contributed by atoms with E-state index < -0.39 is 0 Å². The van der Waals surface area contributed by atoms with Gasteiger partial charge in [0.25, 0.3) is 0 Å². The van der Waals surface area contributed by atoms with E-state index in [0.29, 0.717) is 0 Å². The fourth-order valence-electron chi connectivity index (χ4n) is 4.11. The van der Waals surface area contributed by atoms with Gasteiger partial charge in [0.2, 0.25) is 0 Å². The average Bonchev–Trinajstić information content (AvgIpc) is 3.38. The van der Waals surface area contributed by atoms with E-state index in [1.165, 1.54) is 44.2 Å². The topological polar surface area (TPSA) is 42.2 Å². The summed E-state index contributed by atoms with van der Waals surface area (Å²) in [6.07, 6.45) is 11.2. The Labute approximate surface area is 128 Å². The number of hydrogen-bond donors (Lipinski definition) is 1. The molecule has 0 saturated heterocycles. The third-order valence-corrected chi connectivity index (χ3v) is 5.77. The highest BCUT2D eigenvalue weighted by atomic mass is 15.2. The Morgan fingerprint density at radius 1 is 1.29 bits per heavy atom. The van der Waals surface area contributed by atoms with E-state index in [-0.39, 0.29) is 5.54 Å². The lowest BCUT2D eigenvalue weighted by Gasteiger charge is -2.47. The van der Waals surface area contributed by atoms with Crippen LogP contribution in [0, 0.1) is 11.8 Å². The van der Waals surface area contributed by atoms with E-state index in [4.69, 9.17) is 5.73 Å². The van der Waals surface area contributed by atoms with Gasteiger partial charge < -0.3 is 5.73 Å². The lowest BCUT2D eigenvalue weighted by Crippen LogP contribution is -2.55. The number of rotatable bonds is 6. The van der Waals surface area contributed by atoms with Crippen molar-refractivity contribution in [1.82, 2.24) is 9.88 Å². The minimum absolute atomic E-state index is 0.236. The summed E-state index contributed by atoms with van der Waals surface area (Å²) in [4.78, 5) is 6.98. The molecule has 1 aromatic rings. The van der Waals surface area contributed by atoms with Crippen molar-refractivity contribution in [2.75, 3.05) is 20.1 Å². The molecule has 2 aliphatic carbocycles. The lowest BCUT2D eigenvalue weighted by molar-refractivity contribution is 0.0524. The number of pyridine rings is 1. The van der Waals surface area contributed by atoms with E-state index in [1.54, 1.807) is 0 Å². The Kier molecular flexibility index (Phi) is 4.60.